The second-order valence-electron chi connectivity index (χ2n) is 5.34. The van der Waals surface area contributed by atoms with Gasteiger partial charge in [0.05, 0.1) is 30.3 Å². The normalized spacial score (nSPS) is 24.7. The largest absolute Gasteiger partial charge is 0.341 e. The number of rotatable bonds is 2. The smallest absolute Gasteiger partial charge is 0.272 e. The number of hydrogen-bond donors (Lipinski definition) is 1. The number of hydrogen-bond acceptors (Lipinski definition) is 4. The van der Waals surface area contributed by atoms with Crippen LogP contribution < -0.4 is 4.90 Å². The summed E-state index contributed by atoms with van der Waals surface area (Å²) in [6.07, 6.45) is 4.26. The average molecular weight is 302 g/mol. The van der Waals surface area contributed by atoms with E-state index in [0.717, 1.165) is 12.1 Å². The molecule has 2 fully saturated rings. The molecule has 2 amide bonds. The number of anilines is 1. The van der Waals surface area contributed by atoms with Gasteiger partial charge in [0.25, 0.3) is 5.91 Å². The number of carbonyl (C=O) groups excluding carboxylic acids is 2. The Balaban J connectivity index is 1.61. The van der Waals surface area contributed by atoms with Gasteiger partial charge in [0.1, 0.15) is 5.69 Å². The van der Waals surface area contributed by atoms with E-state index >= 15 is 0 Å². The summed E-state index contributed by atoms with van der Waals surface area (Å²) in [7, 11) is 0. The molecule has 4 rings (SSSR count). The minimum absolute atomic E-state index is 0.0341. The summed E-state index contributed by atoms with van der Waals surface area (Å²) in [6, 6.07) is 2.02. The molecule has 2 aliphatic heterocycles. The number of likely N-dealkylation sites (tertiary alicyclic amines) is 1. The van der Waals surface area contributed by atoms with Crippen molar-refractivity contribution in [1.29, 1.82) is 0 Å². The van der Waals surface area contributed by atoms with Crippen molar-refractivity contribution in [2.75, 3.05) is 11.4 Å². The molecule has 2 atom stereocenters. The van der Waals surface area contributed by atoms with Crippen molar-refractivity contribution in [1.82, 2.24) is 14.9 Å². The van der Waals surface area contributed by atoms with Gasteiger partial charge in [-0.05, 0) is 17.9 Å². The van der Waals surface area contributed by atoms with Crippen molar-refractivity contribution in [3.8, 4) is 0 Å². The molecule has 0 aromatic carbocycles. The number of thiophene rings is 1. The summed E-state index contributed by atoms with van der Waals surface area (Å²) in [5, 5.41) is 3.96. The molecule has 108 valence electrons. The van der Waals surface area contributed by atoms with Crippen LogP contribution in [0, 0.1) is 0 Å². The third-order valence-electron chi connectivity index (χ3n) is 4.27. The van der Waals surface area contributed by atoms with Crippen LogP contribution in [-0.2, 0) is 4.79 Å². The molecule has 2 aromatic heterocycles. The molecule has 7 heteroatoms. The van der Waals surface area contributed by atoms with Gasteiger partial charge in [-0.1, -0.05) is 0 Å². The number of aromatic nitrogens is 2. The zero-order chi connectivity index (χ0) is 14.4. The summed E-state index contributed by atoms with van der Waals surface area (Å²) in [5.74, 6) is 0.0329. The van der Waals surface area contributed by atoms with Gasteiger partial charge in [0.15, 0.2) is 0 Å². The van der Waals surface area contributed by atoms with E-state index in [-0.39, 0.29) is 23.9 Å². The molecule has 2 aliphatic rings. The number of nitrogens with one attached hydrogen (secondary N) is 1. The summed E-state index contributed by atoms with van der Waals surface area (Å²) < 4.78 is 0. The highest BCUT2D eigenvalue weighted by Crippen LogP contribution is 2.37. The van der Waals surface area contributed by atoms with Crippen molar-refractivity contribution in [2.24, 2.45) is 0 Å². The number of imidazole rings is 1. The fourth-order valence-electron chi connectivity index (χ4n) is 3.36. The summed E-state index contributed by atoms with van der Waals surface area (Å²) in [6.45, 7) is 0.682. The first kappa shape index (κ1) is 12.6. The predicted molar refractivity (Wildman–Crippen MR) is 78.2 cm³/mol. The topological polar surface area (TPSA) is 69.3 Å². The Morgan fingerprint density at radius 3 is 3.05 bits per heavy atom. The molecular weight excluding hydrogens is 288 g/mol. The summed E-state index contributed by atoms with van der Waals surface area (Å²) >= 11 is 1.58. The summed E-state index contributed by atoms with van der Waals surface area (Å²) in [5.41, 5.74) is 1.44. The first-order valence-corrected chi connectivity index (χ1v) is 7.83. The SMILES string of the molecule is O=C(c1cnc[nH]1)N1CC[C@@H]2[C@@H]1CC(=O)N2c1ccsc1. The van der Waals surface area contributed by atoms with Gasteiger partial charge in [-0.25, -0.2) is 4.98 Å². The van der Waals surface area contributed by atoms with E-state index in [9.17, 15) is 9.59 Å². The van der Waals surface area contributed by atoms with E-state index in [2.05, 4.69) is 9.97 Å². The van der Waals surface area contributed by atoms with E-state index in [0.29, 0.717) is 18.7 Å². The second-order valence-corrected chi connectivity index (χ2v) is 6.12. The number of carbonyl (C=O) groups is 2. The average Bonchev–Trinajstić information content (AvgIpc) is 3.23. The first-order valence-electron chi connectivity index (χ1n) is 6.89. The maximum absolute atomic E-state index is 12.5. The number of fused-ring (bicyclic) bond motifs is 1. The Bertz CT molecular complexity index is 667. The standard InChI is InChI=1S/C14H14N4O2S/c19-13-5-12-11(18(13)9-2-4-21-7-9)1-3-17(12)14(20)10-6-15-8-16-10/h2,4,6-8,11-12H,1,3,5H2,(H,15,16)/t11-,12+/m1/s1. The molecule has 2 saturated heterocycles. The zero-order valence-electron chi connectivity index (χ0n) is 11.2. The van der Waals surface area contributed by atoms with Gasteiger partial charge >= 0.3 is 0 Å². The monoisotopic (exact) mass is 302 g/mol. The Morgan fingerprint density at radius 2 is 2.33 bits per heavy atom. The van der Waals surface area contributed by atoms with Gasteiger partial charge in [-0.3, -0.25) is 9.59 Å². The molecule has 1 N–H and O–H groups in total. The number of H-pyrrole nitrogens is 1. The Hall–Kier alpha value is -2.15. The van der Waals surface area contributed by atoms with Gasteiger partial charge in [0.2, 0.25) is 5.91 Å². The van der Waals surface area contributed by atoms with E-state index < -0.39 is 0 Å². The number of nitrogens with zero attached hydrogens (tertiary/aromatic N) is 3. The Labute approximate surface area is 125 Å². The number of aromatic amines is 1. The van der Waals surface area contributed by atoms with Gasteiger partial charge in [0, 0.05) is 18.3 Å². The van der Waals surface area contributed by atoms with Crippen LogP contribution >= 0.6 is 11.3 Å². The van der Waals surface area contributed by atoms with Crippen LogP contribution in [0.3, 0.4) is 0 Å². The Morgan fingerprint density at radius 1 is 1.43 bits per heavy atom. The fraction of sp³-hybridized carbons (Fsp3) is 0.357. The molecule has 4 heterocycles. The van der Waals surface area contributed by atoms with Crippen molar-refractivity contribution in [3.05, 3.63) is 35.0 Å². The minimum atomic E-state index is -0.0695. The Kier molecular flexibility index (Phi) is 2.81. The lowest BCUT2D eigenvalue weighted by atomic mass is 10.1. The summed E-state index contributed by atoms with van der Waals surface area (Å²) in [4.78, 5) is 35.2. The van der Waals surface area contributed by atoms with Crippen molar-refractivity contribution in [2.45, 2.75) is 24.9 Å². The molecule has 0 radical (unpaired) electrons. The molecule has 2 aromatic rings. The maximum atomic E-state index is 12.5. The van der Waals surface area contributed by atoms with E-state index in [1.165, 1.54) is 12.5 Å². The molecule has 0 spiro atoms. The lowest BCUT2D eigenvalue weighted by Crippen LogP contribution is -2.40. The van der Waals surface area contributed by atoms with Gasteiger partial charge in [-0.2, -0.15) is 11.3 Å². The second kappa shape index (κ2) is 4.70. The molecule has 0 aliphatic carbocycles. The van der Waals surface area contributed by atoms with E-state index in [4.69, 9.17) is 0 Å². The van der Waals surface area contributed by atoms with Crippen LogP contribution in [0.4, 0.5) is 5.69 Å². The van der Waals surface area contributed by atoms with Crippen LogP contribution in [0.5, 0.6) is 0 Å². The molecule has 0 bridgehead atoms. The van der Waals surface area contributed by atoms with Crippen LogP contribution in [-0.4, -0.2) is 45.3 Å². The predicted octanol–water partition coefficient (Wildman–Crippen LogP) is 1.49. The maximum Gasteiger partial charge on any atom is 0.272 e. The van der Waals surface area contributed by atoms with Crippen LogP contribution in [0.25, 0.3) is 0 Å². The van der Waals surface area contributed by atoms with Crippen molar-refractivity contribution in [3.63, 3.8) is 0 Å². The minimum Gasteiger partial charge on any atom is -0.341 e. The molecular formula is C14H14N4O2S. The highest BCUT2D eigenvalue weighted by molar-refractivity contribution is 7.08. The molecule has 0 saturated carbocycles. The van der Waals surface area contributed by atoms with Gasteiger partial charge < -0.3 is 14.8 Å². The lowest BCUT2D eigenvalue weighted by Gasteiger charge is -2.24. The quantitative estimate of drug-likeness (QED) is 0.914. The lowest BCUT2D eigenvalue weighted by molar-refractivity contribution is -0.117. The third-order valence-corrected chi connectivity index (χ3v) is 4.94. The highest BCUT2D eigenvalue weighted by atomic mass is 32.1. The highest BCUT2D eigenvalue weighted by Gasteiger charge is 2.49. The third kappa shape index (κ3) is 1.88. The molecule has 6 nitrogen and oxygen atoms in total. The van der Waals surface area contributed by atoms with Crippen LogP contribution in [0.2, 0.25) is 0 Å². The molecule has 21 heavy (non-hydrogen) atoms. The van der Waals surface area contributed by atoms with Crippen LogP contribution in [0.1, 0.15) is 23.3 Å². The fourth-order valence-corrected chi connectivity index (χ4v) is 3.98. The number of amides is 2. The van der Waals surface area contributed by atoms with Crippen molar-refractivity contribution < 1.29 is 9.59 Å². The van der Waals surface area contributed by atoms with E-state index in [1.54, 1.807) is 11.3 Å². The van der Waals surface area contributed by atoms with Crippen LogP contribution in [0.15, 0.2) is 29.4 Å². The first-order chi connectivity index (χ1) is 10.3. The zero-order valence-corrected chi connectivity index (χ0v) is 12.0. The van der Waals surface area contributed by atoms with Gasteiger partial charge in [-0.15, -0.1) is 0 Å². The van der Waals surface area contributed by atoms with E-state index in [1.807, 2.05) is 26.6 Å². The van der Waals surface area contributed by atoms with Crippen molar-refractivity contribution >= 4 is 28.8 Å². The molecule has 0 unspecified atom stereocenters.